The van der Waals surface area contributed by atoms with E-state index in [0.717, 1.165) is 19.3 Å². The number of carbonyl (C=O) groups is 1. The van der Waals surface area contributed by atoms with Crippen LogP contribution in [0.15, 0.2) is 0 Å². The molecule has 4 nitrogen and oxygen atoms in total. The SMILES string of the molecule is CC(C)C(O)CNC(=O)C1(N(C)C)CCC1. The van der Waals surface area contributed by atoms with Gasteiger partial charge in [-0.2, -0.15) is 0 Å². The normalized spacial score (nSPS) is 20.7. The van der Waals surface area contributed by atoms with Crippen LogP contribution in [-0.4, -0.2) is 48.2 Å². The number of hydrogen-bond acceptors (Lipinski definition) is 3. The molecule has 1 aliphatic carbocycles. The highest BCUT2D eigenvalue weighted by molar-refractivity contribution is 5.87. The van der Waals surface area contributed by atoms with Crippen molar-refractivity contribution >= 4 is 5.91 Å². The molecule has 94 valence electrons. The molecule has 0 radical (unpaired) electrons. The second-order valence-corrected chi connectivity index (χ2v) is 5.30. The summed E-state index contributed by atoms with van der Waals surface area (Å²) in [4.78, 5) is 14.0. The Kier molecular flexibility index (Phi) is 4.33. The fourth-order valence-corrected chi connectivity index (χ4v) is 1.99. The fourth-order valence-electron chi connectivity index (χ4n) is 1.99. The lowest BCUT2D eigenvalue weighted by atomic mass is 9.75. The van der Waals surface area contributed by atoms with Gasteiger partial charge in [-0.25, -0.2) is 0 Å². The first-order chi connectivity index (χ1) is 7.40. The molecule has 0 saturated heterocycles. The molecular formula is C12H24N2O2. The quantitative estimate of drug-likeness (QED) is 0.724. The van der Waals surface area contributed by atoms with E-state index in [-0.39, 0.29) is 17.4 Å². The fraction of sp³-hybridized carbons (Fsp3) is 0.917. The molecule has 1 amide bonds. The van der Waals surface area contributed by atoms with Crippen molar-refractivity contribution in [3.05, 3.63) is 0 Å². The van der Waals surface area contributed by atoms with E-state index >= 15 is 0 Å². The van der Waals surface area contributed by atoms with Gasteiger partial charge < -0.3 is 10.4 Å². The van der Waals surface area contributed by atoms with Crippen LogP contribution < -0.4 is 5.32 Å². The first kappa shape index (κ1) is 13.5. The van der Waals surface area contributed by atoms with Gasteiger partial charge in [0.05, 0.1) is 11.6 Å². The smallest absolute Gasteiger partial charge is 0.240 e. The number of aliphatic hydroxyl groups excluding tert-OH is 1. The predicted octanol–water partition coefficient (Wildman–Crippen LogP) is 0.604. The van der Waals surface area contributed by atoms with E-state index in [9.17, 15) is 9.90 Å². The maximum atomic E-state index is 12.1. The van der Waals surface area contributed by atoms with Gasteiger partial charge in [-0.15, -0.1) is 0 Å². The summed E-state index contributed by atoms with van der Waals surface area (Å²) in [5, 5.41) is 12.5. The number of amides is 1. The Hall–Kier alpha value is -0.610. The molecule has 2 N–H and O–H groups in total. The van der Waals surface area contributed by atoms with E-state index in [1.54, 1.807) is 0 Å². The molecule has 0 aromatic rings. The lowest BCUT2D eigenvalue weighted by molar-refractivity contribution is -0.138. The molecular weight excluding hydrogens is 204 g/mol. The zero-order valence-corrected chi connectivity index (χ0v) is 10.8. The number of nitrogens with one attached hydrogen (secondary N) is 1. The molecule has 0 heterocycles. The summed E-state index contributed by atoms with van der Waals surface area (Å²) in [5.41, 5.74) is -0.323. The summed E-state index contributed by atoms with van der Waals surface area (Å²) < 4.78 is 0. The van der Waals surface area contributed by atoms with E-state index in [0.29, 0.717) is 6.54 Å². The van der Waals surface area contributed by atoms with Gasteiger partial charge in [0.15, 0.2) is 0 Å². The molecule has 0 aromatic carbocycles. The minimum atomic E-state index is -0.455. The van der Waals surface area contributed by atoms with Crippen molar-refractivity contribution in [2.24, 2.45) is 5.92 Å². The third-order valence-corrected chi connectivity index (χ3v) is 3.70. The average Bonchev–Trinajstić information content (AvgIpc) is 2.11. The molecule has 1 rings (SSSR count). The highest BCUT2D eigenvalue weighted by Gasteiger charge is 2.45. The van der Waals surface area contributed by atoms with Crippen LogP contribution >= 0.6 is 0 Å². The Labute approximate surface area is 98.0 Å². The monoisotopic (exact) mass is 228 g/mol. The summed E-state index contributed by atoms with van der Waals surface area (Å²) in [5.74, 6) is 0.237. The lowest BCUT2D eigenvalue weighted by Crippen LogP contribution is -2.61. The summed E-state index contributed by atoms with van der Waals surface area (Å²) in [7, 11) is 3.88. The van der Waals surface area contributed by atoms with Crippen LogP contribution in [0.5, 0.6) is 0 Å². The molecule has 1 aliphatic rings. The summed E-state index contributed by atoms with van der Waals surface area (Å²) in [6.07, 6.45) is 2.49. The van der Waals surface area contributed by atoms with E-state index in [1.165, 1.54) is 0 Å². The molecule has 16 heavy (non-hydrogen) atoms. The Morgan fingerprint density at radius 1 is 1.44 bits per heavy atom. The Morgan fingerprint density at radius 3 is 2.31 bits per heavy atom. The van der Waals surface area contributed by atoms with Crippen molar-refractivity contribution in [3.8, 4) is 0 Å². The largest absolute Gasteiger partial charge is 0.391 e. The number of carbonyl (C=O) groups excluding carboxylic acids is 1. The number of aliphatic hydroxyl groups is 1. The lowest BCUT2D eigenvalue weighted by Gasteiger charge is -2.45. The molecule has 4 heteroatoms. The highest BCUT2D eigenvalue weighted by atomic mass is 16.3. The maximum absolute atomic E-state index is 12.1. The third kappa shape index (κ3) is 2.55. The van der Waals surface area contributed by atoms with Gasteiger partial charge in [0.1, 0.15) is 0 Å². The minimum absolute atomic E-state index is 0.0588. The Balaban J connectivity index is 2.45. The average molecular weight is 228 g/mol. The number of likely N-dealkylation sites (N-methyl/N-ethyl adjacent to an activating group) is 1. The molecule has 0 bridgehead atoms. The number of nitrogens with zero attached hydrogens (tertiary/aromatic N) is 1. The molecule has 0 spiro atoms. The van der Waals surface area contributed by atoms with Crippen molar-refractivity contribution in [3.63, 3.8) is 0 Å². The molecule has 1 saturated carbocycles. The Morgan fingerprint density at radius 2 is 2.00 bits per heavy atom. The highest BCUT2D eigenvalue weighted by Crippen LogP contribution is 2.36. The van der Waals surface area contributed by atoms with Crippen LogP contribution in [0.2, 0.25) is 0 Å². The van der Waals surface area contributed by atoms with E-state index < -0.39 is 6.10 Å². The minimum Gasteiger partial charge on any atom is -0.391 e. The van der Waals surface area contributed by atoms with Crippen LogP contribution in [0.3, 0.4) is 0 Å². The first-order valence-electron chi connectivity index (χ1n) is 6.04. The van der Waals surface area contributed by atoms with Crippen LogP contribution in [0.4, 0.5) is 0 Å². The van der Waals surface area contributed by atoms with Crippen molar-refractivity contribution in [1.82, 2.24) is 10.2 Å². The van der Waals surface area contributed by atoms with Crippen molar-refractivity contribution < 1.29 is 9.90 Å². The molecule has 0 aromatic heterocycles. The summed E-state index contributed by atoms with van der Waals surface area (Å²) >= 11 is 0. The van der Waals surface area contributed by atoms with Gasteiger partial charge in [-0.05, 0) is 39.3 Å². The standard InChI is InChI=1S/C12H24N2O2/c1-9(2)10(15)8-13-11(16)12(14(3)4)6-5-7-12/h9-10,15H,5-8H2,1-4H3,(H,13,16). The van der Waals surface area contributed by atoms with Gasteiger partial charge in [0.25, 0.3) is 0 Å². The molecule has 1 fully saturated rings. The van der Waals surface area contributed by atoms with Gasteiger partial charge in [0.2, 0.25) is 5.91 Å². The van der Waals surface area contributed by atoms with Crippen molar-refractivity contribution in [2.45, 2.75) is 44.8 Å². The maximum Gasteiger partial charge on any atom is 0.240 e. The van der Waals surface area contributed by atoms with Crippen molar-refractivity contribution in [2.75, 3.05) is 20.6 Å². The van der Waals surface area contributed by atoms with E-state index in [2.05, 4.69) is 5.32 Å². The topological polar surface area (TPSA) is 52.6 Å². The van der Waals surface area contributed by atoms with E-state index in [4.69, 9.17) is 0 Å². The van der Waals surface area contributed by atoms with Gasteiger partial charge >= 0.3 is 0 Å². The van der Waals surface area contributed by atoms with Crippen LogP contribution in [0.1, 0.15) is 33.1 Å². The Bertz CT molecular complexity index is 247. The number of rotatable bonds is 5. The van der Waals surface area contributed by atoms with E-state index in [1.807, 2.05) is 32.8 Å². The van der Waals surface area contributed by atoms with Crippen LogP contribution in [0, 0.1) is 5.92 Å². The predicted molar refractivity (Wildman–Crippen MR) is 64.1 cm³/mol. The zero-order valence-electron chi connectivity index (χ0n) is 10.8. The number of hydrogen-bond donors (Lipinski definition) is 2. The second-order valence-electron chi connectivity index (χ2n) is 5.30. The summed E-state index contributed by atoms with van der Waals surface area (Å²) in [6.45, 7) is 4.25. The second kappa shape index (κ2) is 5.15. The molecule has 1 unspecified atom stereocenters. The van der Waals surface area contributed by atoms with Gasteiger partial charge in [0, 0.05) is 6.54 Å². The van der Waals surface area contributed by atoms with Gasteiger partial charge in [-0.1, -0.05) is 13.8 Å². The molecule has 1 atom stereocenters. The van der Waals surface area contributed by atoms with Crippen molar-refractivity contribution in [1.29, 1.82) is 0 Å². The van der Waals surface area contributed by atoms with Crippen LogP contribution in [-0.2, 0) is 4.79 Å². The third-order valence-electron chi connectivity index (χ3n) is 3.70. The molecule has 0 aliphatic heterocycles. The summed E-state index contributed by atoms with van der Waals surface area (Å²) in [6, 6.07) is 0. The first-order valence-corrected chi connectivity index (χ1v) is 6.04. The van der Waals surface area contributed by atoms with Crippen LogP contribution in [0.25, 0.3) is 0 Å². The zero-order chi connectivity index (χ0) is 12.3. The van der Waals surface area contributed by atoms with Gasteiger partial charge in [-0.3, -0.25) is 9.69 Å².